The number of nitrogens with zero attached hydrogens (tertiary/aromatic N) is 4. The van der Waals surface area contributed by atoms with Crippen LogP contribution in [0.4, 0.5) is 0 Å². The van der Waals surface area contributed by atoms with Gasteiger partial charge < -0.3 is 4.98 Å². The quantitative estimate of drug-likeness (QED) is 0.443. The minimum absolute atomic E-state index is 0.108. The van der Waals surface area contributed by atoms with E-state index in [2.05, 4.69) is 21.0 Å². The number of aromatic nitrogens is 5. The standard InChI is InChI=1S/C24H15N5O/c30-21-9-6-16-13-26-20-8-7-19(17-12-15-10-11-25-24(15)27-14-17)28-22(20)23(16)29(21)18-4-2-1-3-5-18/h1-14H,(H,25,27). The summed E-state index contributed by atoms with van der Waals surface area (Å²) >= 11 is 0. The Kier molecular flexibility index (Phi) is 3.52. The van der Waals surface area contributed by atoms with Gasteiger partial charge in [0.1, 0.15) is 11.2 Å². The fourth-order valence-corrected chi connectivity index (χ4v) is 3.84. The van der Waals surface area contributed by atoms with E-state index in [4.69, 9.17) is 4.98 Å². The summed E-state index contributed by atoms with van der Waals surface area (Å²) in [5.41, 5.74) is 5.37. The Labute approximate surface area is 170 Å². The molecule has 6 rings (SSSR count). The first-order valence-electron chi connectivity index (χ1n) is 9.58. The van der Waals surface area contributed by atoms with Crippen LogP contribution in [0.15, 0.2) is 90.1 Å². The average molecular weight is 389 g/mol. The van der Waals surface area contributed by atoms with Gasteiger partial charge in [-0.05, 0) is 42.5 Å². The predicted molar refractivity (Wildman–Crippen MR) is 118 cm³/mol. The second-order valence-electron chi connectivity index (χ2n) is 7.11. The largest absolute Gasteiger partial charge is 0.346 e. The van der Waals surface area contributed by atoms with Crippen LogP contribution in [0.1, 0.15) is 0 Å². The lowest BCUT2D eigenvalue weighted by atomic mass is 10.1. The number of aromatic amines is 1. The van der Waals surface area contributed by atoms with Crippen LogP contribution in [0.25, 0.3) is 49.9 Å². The van der Waals surface area contributed by atoms with Gasteiger partial charge in [-0.3, -0.25) is 14.3 Å². The monoisotopic (exact) mass is 389 g/mol. The number of nitrogens with one attached hydrogen (secondary N) is 1. The molecular weight excluding hydrogens is 374 g/mol. The molecule has 5 heterocycles. The summed E-state index contributed by atoms with van der Waals surface area (Å²) in [5, 5.41) is 1.88. The molecule has 0 amide bonds. The van der Waals surface area contributed by atoms with Crippen LogP contribution < -0.4 is 5.56 Å². The minimum atomic E-state index is -0.108. The normalized spacial score (nSPS) is 11.5. The Balaban J connectivity index is 1.69. The third-order valence-electron chi connectivity index (χ3n) is 5.27. The number of hydrogen-bond acceptors (Lipinski definition) is 4. The molecule has 0 fully saturated rings. The first-order chi connectivity index (χ1) is 14.8. The Morgan fingerprint density at radius 2 is 1.73 bits per heavy atom. The van der Waals surface area contributed by atoms with Gasteiger partial charge >= 0.3 is 0 Å². The zero-order chi connectivity index (χ0) is 20.1. The van der Waals surface area contributed by atoms with Crippen molar-refractivity contribution in [2.75, 3.05) is 0 Å². The summed E-state index contributed by atoms with van der Waals surface area (Å²) in [6, 6.07) is 20.9. The van der Waals surface area contributed by atoms with Gasteiger partial charge in [0.15, 0.2) is 0 Å². The van der Waals surface area contributed by atoms with Gasteiger partial charge in [0.05, 0.1) is 16.7 Å². The maximum atomic E-state index is 12.9. The molecule has 0 spiro atoms. The maximum Gasteiger partial charge on any atom is 0.255 e. The molecule has 1 aromatic carbocycles. The van der Waals surface area contributed by atoms with Crippen LogP contribution in [-0.4, -0.2) is 24.5 Å². The maximum absolute atomic E-state index is 12.9. The second-order valence-corrected chi connectivity index (χ2v) is 7.11. The van der Waals surface area contributed by atoms with E-state index in [1.807, 2.05) is 54.7 Å². The highest BCUT2D eigenvalue weighted by Gasteiger charge is 2.13. The molecular formula is C24H15N5O. The van der Waals surface area contributed by atoms with Gasteiger partial charge in [0, 0.05) is 46.7 Å². The molecule has 0 atom stereocenters. The number of rotatable bonds is 2. The fourth-order valence-electron chi connectivity index (χ4n) is 3.84. The first-order valence-corrected chi connectivity index (χ1v) is 9.58. The number of hydrogen-bond donors (Lipinski definition) is 1. The Morgan fingerprint density at radius 1 is 0.833 bits per heavy atom. The topological polar surface area (TPSA) is 76.5 Å². The molecule has 0 radical (unpaired) electrons. The Bertz CT molecular complexity index is 1620. The molecule has 142 valence electrons. The van der Waals surface area contributed by atoms with Gasteiger partial charge in [0.25, 0.3) is 5.56 Å². The van der Waals surface area contributed by atoms with Crippen molar-refractivity contribution in [3.63, 3.8) is 0 Å². The van der Waals surface area contributed by atoms with Crippen molar-refractivity contribution >= 4 is 33.0 Å². The zero-order valence-electron chi connectivity index (χ0n) is 15.8. The van der Waals surface area contributed by atoms with Gasteiger partial charge in [-0.1, -0.05) is 18.2 Å². The molecule has 30 heavy (non-hydrogen) atoms. The van der Waals surface area contributed by atoms with E-state index in [1.54, 1.807) is 29.1 Å². The molecule has 6 heteroatoms. The highest BCUT2D eigenvalue weighted by atomic mass is 16.1. The number of fused-ring (bicyclic) bond motifs is 4. The molecule has 1 N–H and O–H groups in total. The minimum Gasteiger partial charge on any atom is -0.346 e. The number of H-pyrrole nitrogens is 1. The molecule has 0 bridgehead atoms. The molecule has 5 aromatic heterocycles. The van der Waals surface area contributed by atoms with Crippen molar-refractivity contribution in [3.8, 4) is 16.9 Å². The second kappa shape index (κ2) is 6.35. The summed E-state index contributed by atoms with van der Waals surface area (Å²) in [5.74, 6) is 0. The summed E-state index contributed by atoms with van der Waals surface area (Å²) in [6.07, 6.45) is 5.45. The van der Waals surface area contributed by atoms with Crippen molar-refractivity contribution in [2.45, 2.75) is 0 Å². The van der Waals surface area contributed by atoms with E-state index in [1.165, 1.54) is 0 Å². The smallest absolute Gasteiger partial charge is 0.255 e. The lowest BCUT2D eigenvalue weighted by Crippen LogP contribution is -2.17. The van der Waals surface area contributed by atoms with Crippen molar-refractivity contribution in [3.05, 3.63) is 95.7 Å². The Hall–Kier alpha value is -4.32. The van der Waals surface area contributed by atoms with Crippen molar-refractivity contribution in [1.82, 2.24) is 24.5 Å². The predicted octanol–water partition coefficient (Wildman–Crippen LogP) is 4.48. The van der Waals surface area contributed by atoms with E-state index < -0.39 is 0 Å². The van der Waals surface area contributed by atoms with Crippen LogP contribution in [0.2, 0.25) is 0 Å². The van der Waals surface area contributed by atoms with Crippen molar-refractivity contribution < 1.29 is 0 Å². The van der Waals surface area contributed by atoms with Crippen LogP contribution in [0.3, 0.4) is 0 Å². The SMILES string of the molecule is O=c1ccc2cnc3ccc(-c4cnc5[nH]ccc5c4)nc3c2n1-c1ccccc1. The third kappa shape index (κ3) is 2.51. The Morgan fingerprint density at radius 3 is 2.63 bits per heavy atom. The van der Waals surface area contributed by atoms with Gasteiger partial charge in [-0.2, -0.15) is 0 Å². The van der Waals surface area contributed by atoms with Gasteiger partial charge in [-0.15, -0.1) is 0 Å². The molecule has 0 saturated heterocycles. The van der Waals surface area contributed by atoms with Crippen molar-refractivity contribution in [2.24, 2.45) is 0 Å². The first kappa shape index (κ1) is 16.6. The lowest BCUT2D eigenvalue weighted by Gasteiger charge is -2.12. The zero-order valence-corrected chi connectivity index (χ0v) is 15.8. The molecule has 6 aromatic rings. The lowest BCUT2D eigenvalue weighted by molar-refractivity contribution is 1.04. The van der Waals surface area contributed by atoms with E-state index in [9.17, 15) is 4.79 Å². The van der Waals surface area contributed by atoms with Crippen LogP contribution in [0, 0.1) is 0 Å². The summed E-state index contributed by atoms with van der Waals surface area (Å²) in [7, 11) is 0. The summed E-state index contributed by atoms with van der Waals surface area (Å²) in [4.78, 5) is 29.9. The van der Waals surface area contributed by atoms with E-state index >= 15 is 0 Å². The van der Waals surface area contributed by atoms with E-state index in [0.717, 1.165) is 44.4 Å². The molecule has 0 aliphatic carbocycles. The number of benzene rings is 1. The molecule has 0 unspecified atom stereocenters. The van der Waals surface area contributed by atoms with Crippen LogP contribution in [0.5, 0.6) is 0 Å². The fraction of sp³-hybridized carbons (Fsp3) is 0. The average Bonchev–Trinajstić information content (AvgIpc) is 3.27. The van der Waals surface area contributed by atoms with E-state index in [0.29, 0.717) is 5.52 Å². The van der Waals surface area contributed by atoms with E-state index in [-0.39, 0.29) is 5.56 Å². The summed E-state index contributed by atoms with van der Waals surface area (Å²) < 4.78 is 1.70. The summed E-state index contributed by atoms with van der Waals surface area (Å²) in [6.45, 7) is 0. The van der Waals surface area contributed by atoms with Crippen molar-refractivity contribution in [1.29, 1.82) is 0 Å². The molecule has 0 aliphatic rings. The molecule has 0 aliphatic heterocycles. The van der Waals surface area contributed by atoms with Crippen LogP contribution in [-0.2, 0) is 0 Å². The number of pyridine rings is 4. The number of para-hydroxylation sites is 1. The van der Waals surface area contributed by atoms with Gasteiger partial charge in [-0.25, -0.2) is 9.97 Å². The molecule has 6 nitrogen and oxygen atoms in total. The highest BCUT2D eigenvalue weighted by molar-refractivity contribution is 6.02. The highest BCUT2D eigenvalue weighted by Crippen LogP contribution is 2.27. The third-order valence-corrected chi connectivity index (χ3v) is 5.27. The van der Waals surface area contributed by atoms with Gasteiger partial charge in [0.2, 0.25) is 0 Å². The van der Waals surface area contributed by atoms with Crippen LogP contribution >= 0.6 is 0 Å². The molecule has 0 saturated carbocycles.